The summed E-state index contributed by atoms with van der Waals surface area (Å²) in [5.74, 6) is -0.761. The van der Waals surface area contributed by atoms with Crippen molar-refractivity contribution in [2.24, 2.45) is 0 Å². The maximum Gasteiger partial charge on any atom is 0.280 e. The van der Waals surface area contributed by atoms with Crippen molar-refractivity contribution in [3.8, 4) is 5.69 Å². The highest BCUT2D eigenvalue weighted by Crippen LogP contribution is 2.30. The predicted molar refractivity (Wildman–Crippen MR) is 146 cm³/mol. The molecule has 3 heterocycles. The molecule has 0 aliphatic rings. The Morgan fingerprint density at radius 3 is 2.67 bits per heavy atom. The van der Waals surface area contributed by atoms with Gasteiger partial charge >= 0.3 is 0 Å². The first kappa shape index (κ1) is 25.4. The molecule has 10 heteroatoms. The van der Waals surface area contributed by atoms with Gasteiger partial charge in [-0.1, -0.05) is 65.8 Å². The third-order valence-corrected chi connectivity index (χ3v) is 6.51. The first-order valence-electron chi connectivity index (χ1n) is 10.6. The number of hydrogen-bond donors (Lipinski definition) is 1. The van der Waals surface area contributed by atoms with Crippen LogP contribution in [0.1, 0.15) is 17.4 Å². The van der Waals surface area contributed by atoms with Gasteiger partial charge in [-0.2, -0.15) is 5.10 Å². The first-order valence-corrected chi connectivity index (χ1v) is 12.2. The number of carbonyl (C=O) groups excluding carboxylic acids is 1. The number of anilines is 1. The number of benzene rings is 1. The summed E-state index contributed by atoms with van der Waals surface area (Å²) < 4.78 is 1.47. The van der Waals surface area contributed by atoms with Crippen LogP contribution in [0.15, 0.2) is 100 Å². The second kappa shape index (κ2) is 11.3. The molecule has 0 fully saturated rings. The molecule has 180 valence electrons. The molecule has 7 nitrogen and oxygen atoms in total. The highest BCUT2D eigenvalue weighted by atomic mass is 35.5. The predicted octanol–water partition coefficient (Wildman–Crippen LogP) is 6.47. The minimum absolute atomic E-state index is 0.132. The van der Waals surface area contributed by atoms with Crippen molar-refractivity contribution in [3.05, 3.63) is 117 Å². The molecule has 0 bridgehead atoms. The van der Waals surface area contributed by atoms with Crippen molar-refractivity contribution in [1.29, 1.82) is 0 Å². The van der Waals surface area contributed by atoms with Crippen LogP contribution in [-0.2, 0) is 0 Å². The zero-order valence-corrected chi connectivity index (χ0v) is 21.3. The first-order chi connectivity index (χ1) is 17.4. The van der Waals surface area contributed by atoms with Crippen LogP contribution >= 0.6 is 35.0 Å². The Hall–Kier alpha value is -3.72. The molecule has 0 radical (unpaired) electrons. The van der Waals surface area contributed by atoms with Crippen molar-refractivity contribution in [3.63, 3.8) is 0 Å². The summed E-state index contributed by atoms with van der Waals surface area (Å²) in [6, 6.07) is 10.7. The lowest BCUT2D eigenvalue weighted by Gasteiger charge is -2.13. The SMILES string of the molecule is C=C/C(=C\C=C/C)Sc1cccc(-n2nc(C(=O)Nc3c(Cl)cncc3Cl)c(=O)c3cccnc32)c1. The molecular weight excluding hydrogens is 517 g/mol. The number of thioether (sulfide) groups is 1. The van der Waals surface area contributed by atoms with Crippen LogP contribution in [-0.4, -0.2) is 25.7 Å². The van der Waals surface area contributed by atoms with Gasteiger partial charge in [0.15, 0.2) is 11.3 Å². The van der Waals surface area contributed by atoms with Gasteiger partial charge in [0.25, 0.3) is 5.91 Å². The van der Waals surface area contributed by atoms with Crippen LogP contribution in [0.3, 0.4) is 0 Å². The minimum atomic E-state index is -0.761. The standard InChI is InChI=1S/C26H19Cl2N5O2S/c1-3-5-9-17(4-2)36-18-10-6-8-16(13-18)33-25-19(11-7-12-30-25)24(34)23(32-33)26(35)31-22-20(27)14-29-15-21(22)28/h3-15H,2H2,1H3,(H,29,31,35)/b5-3-,17-9+. The molecule has 4 rings (SSSR count). The molecular formula is C26H19Cl2N5O2S. The van der Waals surface area contributed by atoms with E-state index < -0.39 is 11.3 Å². The van der Waals surface area contributed by atoms with Gasteiger partial charge in [-0.05, 0) is 43.3 Å². The highest BCUT2D eigenvalue weighted by Gasteiger charge is 2.21. The topological polar surface area (TPSA) is 89.8 Å². The molecule has 0 saturated carbocycles. The number of nitrogens with zero attached hydrogens (tertiary/aromatic N) is 4. The second-order valence-electron chi connectivity index (χ2n) is 7.29. The molecule has 1 amide bonds. The van der Waals surface area contributed by atoms with E-state index in [0.717, 1.165) is 9.80 Å². The number of allylic oxidation sites excluding steroid dienone is 4. The van der Waals surface area contributed by atoms with Crippen LogP contribution in [0.2, 0.25) is 10.0 Å². The summed E-state index contributed by atoms with van der Waals surface area (Å²) in [5.41, 5.74) is 0.168. The number of carbonyl (C=O) groups is 1. The summed E-state index contributed by atoms with van der Waals surface area (Å²) in [5, 5.41) is 7.47. The fourth-order valence-corrected chi connectivity index (χ4v) is 4.53. The minimum Gasteiger partial charge on any atom is -0.318 e. The molecule has 0 aliphatic carbocycles. The van der Waals surface area contributed by atoms with E-state index in [1.807, 2.05) is 49.4 Å². The molecule has 0 saturated heterocycles. The summed E-state index contributed by atoms with van der Waals surface area (Å²) in [6.07, 6.45) is 11.8. The van der Waals surface area contributed by atoms with Crippen LogP contribution in [0.4, 0.5) is 5.69 Å². The third kappa shape index (κ3) is 5.41. The van der Waals surface area contributed by atoms with Gasteiger partial charge in [-0.25, -0.2) is 9.67 Å². The number of nitrogens with one attached hydrogen (secondary N) is 1. The summed E-state index contributed by atoms with van der Waals surface area (Å²) in [6.45, 7) is 5.80. The average molecular weight is 536 g/mol. The molecule has 1 N–H and O–H groups in total. The van der Waals surface area contributed by atoms with Gasteiger partial charge in [0.05, 0.1) is 26.8 Å². The monoisotopic (exact) mass is 535 g/mol. The van der Waals surface area contributed by atoms with E-state index in [0.29, 0.717) is 11.3 Å². The van der Waals surface area contributed by atoms with Crippen molar-refractivity contribution in [1.82, 2.24) is 19.7 Å². The average Bonchev–Trinajstić information content (AvgIpc) is 2.89. The number of rotatable bonds is 7. The van der Waals surface area contributed by atoms with E-state index >= 15 is 0 Å². The summed E-state index contributed by atoms with van der Waals surface area (Å²) in [4.78, 5) is 36.4. The molecule has 0 atom stereocenters. The fraction of sp³-hybridized carbons (Fsp3) is 0.0385. The van der Waals surface area contributed by atoms with E-state index in [-0.39, 0.29) is 26.8 Å². The third-order valence-electron chi connectivity index (χ3n) is 4.91. The Labute approximate surface area is 221 Å². The van der Waals surface area contributed by atoms with E-state index in [2.05, 4.69) is 27.0 Å². The van der Waals surface area contributed by atoms with Gasteiger partial charge in [-0.3, -0.25) is 14.6 Å². The zero-order chi connectivity index (χ0) is 25.7. The smallest absolute Gasteiger partial charge is 0.280 e. The van der Waals surface area contributed by atoms with E-state index in [4.69, 9.17) is 23.2 Å². The number of halogens is 2. The molecule has 3 aromatic heterocycles. The van der Waals surface area contributed by atoms with Crippen molar-refractivity contribution < 1.29 is 4.79 Å². The Balaban J connectivity index is 1.82. The highest BCUT2D eigenvalue weighted by molar-refractivity contribution is 8.03. The summed E-state index contributed by atoms with van der Waals surface area (Å²) in [7, 11) is 0. The quantitative estimate of drug-likeness (QED) is 0.215. The van der Waals surface area contributed by atoms with Crippen LogP contribution in [0.25, 0.3) is 16.7 Å². The van der Waals surface area contributed by atoms with Gasteiger partial charge in [-0.15, -0.1) is 0 Å². The number of pyridine rings is 2. The lowest BCUT2D eigenvalue weighted by molar-refractivity contribution is 0.102. The Kier molecular flexibility index (Phi) is 8.00. The number of amides is 1. The van der Waals surface area contributed by atoms with Gasteiger partial charge in [0.2, 0.25) is 5.43 Å². The Morgan fingerprint density at radius 1 is 1.17 bits per heavy atom. The van der Waals surface area contributed by atoms with Gasteiger partial charge in [0.1, 0.15) is 0 Å². The van der Waals surface area contributed by atoms with Crippen LogP contribution < -0.4 is 10.7 Å². The van der Waals surface area contributed by atoms with E-state index in [9.17, 15) is 9.59 Å². The zero-order valence-electron chi connectivity index (χ0n) is 19.0. The number of aromatic nitrogens is 4. The van der Waals surface area contributed by atoms with Crippen molar-refractivity contribution in [2.75, 3.05) is 5.32 Å². The lowest BCUT2D eigenvalue weighted by Crippen LogP contribution is -2.27. The van der Waals surface area contributed by atoms with E-state index in [1.54, 1.807) is 24.4 Å². The fourth-order valence-electron chi connectivity index (χ4n) is 3.24. The van der Waals surface area contributed by atoms with Gasteiger partial charge < -0.3 is 5.32 Å². The summed E-state index contributed by atoms with van der Waals surface area (Å²) >= 11 is 13.8. The van der Waals surface area contributed by atoms with Crippen LogP contribution in [0.5, 0.6) is 0 Å². The molecule has 0 spiro atoms. The number of hydrogen-bond acceptors (Lipinski definition) is 6. The number of fused-ring (bicyclic) bond motifs is 1. The Morgan fingerprint density at radius 2 is 1.94 bits per heavy atom. The molecule has 1 aromatic carbocycles. The maximum absolute atomic E-state index is 13.2. The van der Waals surface area contributed by atoms with Crippen molar-refractivity contribution >= 4 is 57.6 Å². The van der Waals surface area contributed by atoms with Crippen molar-refractivity contribution in [2.45, 2.75) is 11.8 Å². The lowest BCUT2D eigenvalue weighted by atomic mass is 10.2. The van der Waals surface area contributed by atoms with Crippen LogP contribution in [0, 0.1) is 0 Å². The second-order valence-corrected chi connectivity index (χ2v) is 9.26. The molecule has 4 aromatic rings. The molecule has 0 aliphatic heterocycles. The Bertz CT molecular complexity index is 1580. The normalized spacial score (nSPS) is 11.7. The largest absolute Gasteiger partial charge is 0.318 e. The maximum atomic E-state index is 13.2. The molecule has 0 unspecified atom stereocenters. The van der Waals surface area contributed by atoms with E-state index in [1.165, 1.54) is 28.8 Å². The molecule has 36 heavy (non-hydrogen) atoms. The van der Waals surface area contributed by atoms with Gasteiger partial charge in [0, 0.05) is 28.4 Å².